The van der Waals surface area contributed by atoms with Crippen LogP contribution in [0.1, 0.15) is 11.1 Å². The minimum atomic E-state index is 0.333. The lowest BCUT2D eigenvalue weighted by atomic mass is 10.2. The van der Waals surface area contributed by atoms with E-state index >= 15 is 0 Å². The summed E-state index contributed by atoms with van der Waals surface area (Å²) in [4.78, 5) is 15.4. The van der Waals surface area contributed by atoms with E-state index in [1.54, 1.807) is 6.21 Å². The van der Waals surface area contributed by atoms with E-state index in [0.29, 0.717) is 24.4 Å². The van der Waals surface area contributed by atoms with Crippen LogP contribution in [0.15, 0.2) is 90.0 Å². The van der Waals surface area contributed by atoms with Gasteiger partial charge in [-0.05, 0) is 35.4 Å². The molecule has 0 aliphatic heterocycles. The van der Waals surface area contributed by atoms with Crippen LogP contribution in [-0.2, 0) is 6.54 Å². The Hall–Kier alpha value is -4.46. The molecule has 0 atom stereocenters. The molecule has 0 unspecified atom stereocenters. The molecule has 0 spiro atoms. The molecular formula is C25H26N8. The Kier molecular flexibility index (Phi) is 7.07. The minimum Gasteiger partial charge on any atom is -0.378 e. The van der Waals surface area contributed by atoms with Crippen molar-refractivity contribution in [1.29, 1.82) is 0 Å². The number of hydrogen-bond acceptors (Lipinski definition) is 8. The van der Waals surface area contributed by atoms with E-state index in [1.165, 1.54) is 0 Å². The molecule has 0 aliphatic carbocycles. The molecule has 1 heterocycles. The maximum atomic E-state index is 4.50. The lowest BCUT2D eigenvalue weighted by molar-refractivity contribution is 0.999. The second kappa shape index (κ2) is 10.7. The van der Waals surface area contributed by atoms with Gasteiger partial charge in [-0.1, -0.05) is 60.7 Å². The van der Waals surface area contributed by atoms with Crippen LogP contribution in [0.5, 0.6) is 0 Å². The zero-order valence-corrected chi connectivity index (χ0v) is 18.6. The first-order valence-electron chi connectivity index (χ1n) is 10.6. The first-order chi connectivity index (χ1) is 16.2. The van der Waals surface area contributed by atoms with E-state index in [9.17, 15) is 0 Å². The summed E-state index contributed by atoms with van der Waals surface area (Å²) >= 11 is 0. The van der Waals surface area contributed by atoms with Gasteiger partial charge in [-0.2, -0.15) is 20.1 Å². The molecule has 166 valence electrons. The number of benzene rings is 3. The molecule has 8 nitrogen and oxygen atoms in total. The summed E-state index contributed by atoms with van der Waals surface area (Å²) in [6.45, 7) is 0.594. The quantitative estimate of drug-likeness (QED) is 0.257. The van der Waals surface area contributed by atoms with Crippen molar-refractivity contribution in [3.8, 4) is 0 Å². The number of aromatic nitrogens is 3. The van der Waals surface area contributed by atoms with Gasteiger partial charge in [0.1, 0.15) is 0 Å². The van der Waals surface area contributed by atoms with Gasteiger partial charge in [0.15, 0.2) is 0 Å². The van der Waals surface area contributed by atoms with Crippen LogP contribution >= 0.6 is 0 Å². The Morgan fingerprint density at radius 1 is 0.758 bits per heavy atom. The average Bonchev–Trinajstić information content (AvgIpc) is 2.84. The van der Waals surface area contributed by atoms with Crippen molar-refractivity contribution in [3.05, 3.63) is 96.1 Å². The smallest absolute Gasteiger partial charge is 0.250 e. The van der Waals surface area contributed by atoms with Crippen molar-refractivity contribution >= 4 is 35.4 Å². The van der Waals surface area contributed by atoms with Crippen LogP contribution < -0.4 is 21.0 Å². The maximum Gasteiger partial charge on any atom is 0.250 e. The molecule has 3 N–H and O–H groups in total. The number of para-hydroxylation sites is 1. The molecule has 3 aromatic carbocycles. The molecule has 0 amide bonds. The number of nitrogens with zero attached hydrogens (tertiary/aromatic N) is 5. The van der Waals surface area contributed by atoms with Gasteiger partial charge in [0.25, 0.3) is 0 Å². The Balaban J connectivity index is 1.50. The topological polar surface area (TPSA) is 90.4 Å². The van der Waals surface area contributed by atoms with Crippen LogP contribution in [0, 0.1) is 0 Å². The van der Waals surface area contributed by atoms with Crippen molar-refractivity contribution in [2.75, 3.05) is 35.1 Å². The first-order valence-corrected chi connectivity index (χ1v) is 10.6. The molecule has 8 heteroatoms. The summed E-state index contributed by atoms with van der Waals surface area (Å²) in [5.41, 5.74) is 7.02. The third-order valence-corrected chi connectivity index (χ3v) is 4.75. The molecule has 0 saturated carbocycles. The zero-order chi connectivity index (χ0) is 22.9. The van der Waals surface area contributed by atoms with E-state index in [1.807, 2.05) is 99.0 Å². The summed E-state index contributed by atoms with van der Waals surface area (Å²) in [7, 11) is 4.02. The Bertz CT molecular complexity index is 1180. The number of rotatable bonds is 9. The van der Waals surface area contributed by atoms with Gasteiger partial charge in [0.2, 0.25) is 17.8 Å². The number of nitrogens with one attached hydrogen (secondary N) is 3. The molecule has 0 radical (unpaired) electrons. The van der Waals surface area contributed by atoms with Crippen molar-refractivity contribution in [3.63, 3.8) is 0 Å². The molecule has 0 aliphatic rings. The second-order valence-electron chi connectivity index (χ2n) is 7.49. The van der Waals surface area contributed by atoms with Crippen molar-refractivity contribution < 1.29 is 0 Å². The highest BCUT2D eigenvalue weighted by atomic mass is 15.4. The Labute approximate surface area is 193 Å². The number of hydrazone groups is 1. The van der Waals surface area contributed by atoms with E-state index in [2.05, 4.69) is 41.0 Å². The third-order valence-electron chi connectivity index (χ3n) is 4.75. The van der Waals surface area contributed by atoms with E-state index in [-0.39, 0.29) is 0 Å². The summed E-state index contributed by atoms with van der Waals surface area (Å²) in [5.74, 6) is 1.19. The fourth-order valence-corrected chi connectivity index (χ4v) is 3.01. The second-order valence-corrected chi connectivity index (χ2v) is 7.49. The Morgan fingerprint density at radius 3 is 2.09 bits per heavy atom. The van der Waals surface area contributed by atoms with Crippen molar-refractivity contribution in [2.24, 2.45) is 5.10 Å². The van der Waals surface area contributed by atoms with Crippen LogP contribution in [0.2, 0.25) is 0 Å². The van der Waals surface area contributed by atoms with Gasteiger partial charge in [-0.15, -0.1) is 0 Å². The average molecular weight is 439 g/mol. The molecule has 33 heavy (non-hydrogen) atoms. The van der Waals surface area contributed by atoms with Crippen molar-refractivity contribution in [2.45, 2.75) is 6.54 Å². The standard InChI is InChI=1S/C25H26N8/c1-33(2)22-15-13-20(14-16-22)18-27-32-25-30-23(26-17-19-9-5-3-6-10-19)29-24(31-25)28-21-11-7-4-8-12-21/h3-16,18H,17H2,1-2H3,(H3,26,28,29,30,31,32)/b27-18-. The first kappa shape index (κ1) is 21.8. The van der Waals surface area contributed by atoms with Gasteiger partial charge >= 0.3 is 0 Å². The number of hydrogen-bond donors (Lipinski definition) is 3. The molecule has 4 aromatic rings. The number of anilines is 5. The fourth-order valence-electron chi connectivity index (χ4n) is 3.01. The predicted molar refractivity (Wildman–Crippen MR) is 135 cm³/mol. The lowest BCUT2D eigenvalue weighted by Crippen LogP contribution is -2.09. The monoisotopic (exact) mass is 438 g/mol. The molecular weight excluding hydrogens is 412 g/mol. The van der Waals surface area contributed by atoms with Gasteiger partial charge in [0.05, 0.1) is 6.21 Å². The van der Waals surface area contributed by atoms with Crippen molar-refractivity contribution in [1.82, 2.24) is 15.0 Å². The fraction of sp³-hybridized carbons (Fsp3) is 0.120. The highest BCUT2D eigenvalue weighted by Gasteiger charge is 2.07. The SMILES string of the molecule is CN(C)c1ccc(/C=N\Nc2nc(NCc3ccccc3)nc(Nc3ccccc3)n2)cc1. The van der Waals surface area contributed by atoms with E-state index in [0.717, 1.165) is 22.5 Å². The predicted octanol–water partition coefficient (Wildman–Crippen LogP) is 4.74. The van der Waals surface area contributed by atoms with Crippen LogP contribution in [0.4, 0.5) is 29.2 Å². The minimum absolute atomic E-state index is 0.333. The normalized spacial score (nSPS) is 10.7. The zero-order valence-electron chi connectivity index (χ0n) is 18.6. The molecule has 0 fully saturated rings. The highest BCUT2D eigenvalue weighted by Crippen LogP contribution is 2.16. The molecule has 1 aromatic heterocycles. The van der Waals surface area contributed by atoms with Gasteiger partial charge in [-0.25, -0.2) is 5.43 Å². The molecule has 0 saturated heterocycles. The summed E-state index contributed by atoms with van der Waals surface area (Å²) < 4.78 is 0. The van der Waals surface area contributed by atoms with Crippen LogP contribution in [0.25, 0.3) is 0 Å². The molecule has 0 bridgehead atoms. The van der Waals surface area contributed by atoms with E-state index < -0.39 is 0 Å². The summed E-state index contributed by atoms with van der Waals surface area (Å²) in [5, 5.41) is 10.8. The van der Waals surface area contributed by atoms with Crippen LogP contribution in [0.3, 0.4) is 0 Å². The lowest BCUT2D eigenvalue weighted by Gasteiger charge is -2.11. The van der Waals surface area contributed by atoms with Gasteiger partial charge < -0.3 is 15.5 Å². The third kappa shape index (κ3) is 6.51. The van der Waals surface area contributed by atoms with Gasteiger partial charge in [-0.3, -0.25) is 0 Å². The van der Waals surface area contributed by atoms with Gasteiger partial charge in [0, 0.05) is 32.0 Å². The van der Waals surface area contributed by atoms with E-state index in [4.69, 9.17) is 0 Å². The maximum absolute atomic E-state index is 4.50. The summed E-state index contributed by atoms with van der Waals surface area (Å²) in [6.07, 6.45) is 1.73. The van der Waals surface area contributed by atoms with Crippen LogP contribution in [-0.4, -0.2) is 35.3 Å². The largest absolute Gasteiger partial charge is 0.378 e. The highest BCUT2D eigenvalue weighted by molar-refractivity contribution is 5.80. The molecule has 4 rings (SSSR count). The Morgan fingerprint density at radius 2 is 1.39 bits per heavy atom. The summed E-state index contributed by atoms with van der Waals surface area (Å²) in [6, 6.07) is 27.9.